The quantitative estimate of drug-likeness (QED) is 0.128. The minimum atomic E-state index is -0.103. The van der Waals surface area contributed by atoms with E-state index in [2.05, 4.69) is 149 Å². The first-order valence-electron chi connectivity index (χ1n) is 17.6. The molecular formula is C42H48ClN7O. The van der Waals surface area contributed by atoms with Crippen molar-refractivity contribution < 1.29 is 21.8 Å². The first-order chi connectivity index (χ1) is 24.1. The summed E-state index contributed by atoms with van der Waals surface area (Å²) < 4.78 is 2.30. The third kappa shape index (κ3) is 8.02. The molecule has 0 radical (unpaired) electrons. The fourth-order valence-corrected chi connectivity index (χ4v) is 7.23. The van der Waals surface area contributed by atoms with Gasteiger partial charge in [0, 0.05) is 59.6 Å². The molecule has 2 aliphatic rings. The predicted octanol–water partition coefficient (Wildman–Crippen LogP) is 4.92. The number of halogens is 1. The second-order valence-electron chi connectivity index (χ2n) is 14.2. The number of aryl methyl sites for hydroxylation is 1. The zero-order chi connectivity index (χ0) is 35.3. The van der Waals surface area contributed by atoms with Gasteiger partial charge >= 0.3 is 0 Å². The van der Waals surface area contributed by atoms with E-state index >= 15 is 0 Å². The number of aromatic nitrogens is 4. The zero-order valence-electron chi connectivity index (χ0n) is 30.5. The van der Waals surface area contributed by atoms with Crippen LogP contribution in [0, 0.1) is 6.92 Å². The van der Waals surface area contributed by atoms with E-state index in [0.29, 0.717) is 24.6 Å². The summed E-state index contributed by atoms with van der Waals surface area (Å²) in [4.78, 5) is 15.1. The SMILES string of the molecule is Cc1nnc(-c2ccc(CNC(=O)CCCCCN3C(=CC=CC=CC4=[N+](C)c5ccccc5C4(C)C)C(C)(C)c4ccccc43)cc2)nn1.[Cl-]. The predicted molar refractivity (Wildman–Crippen MR) is 202 cm³/mol. The van der Waals surface area contributed by atoms with Gasteiger partial charge < -0.3 is 22.6 Å². The Hall–Kier alpha value is -4.95. The second-order valence-corrected chi connectivity index (χ2v) is 14.2. The van der Waals surface area contributed by atoms with Gasteiger partial charge in [-0.05, 0) is 56.9 Å². The Morgan fingerprint density at radius 3 is 2.22 bits per heavy atom. The Kier molecular flexibility index (Phi) is 11.7. The molecule has 6 rings (SSSR count). The number of anilines is 1. The topological polar surface area (TPSA) is 86.9 Å². The van der Waals surface area contributed by atoms with Gasteiger partial charge in [-0.25, -0.2) is 0 Å². The van der Waals surface area contributed by atoms with E-state index in [1.807, 2.05) is 24.3 Å². The van der Waals surface area contributed by atoms with Gasteiger partial charge in [0.25, 0.3) is 0 Å². The molecule has 1 amide bonds. The van der Waals surface area contributed by atoms with Crippen molar-refractivity contribution in [1.82, 2.24) is 25.7 Å². The maximum absolute atomic E-state index is 12.6. The van der Waals surface area contributed by atoms with Gasteiger partial charge in [-0.1, -0.05) is 99.2 Å². The molecule has 0 aliphatic carbocycles. The highest BCUT2D eigenvalue weighted by atomic mass is 35.5. The number of para-hydroxylation sites is 2. The van der Waals surface area contributed by atoms with Crippen LogP contribution in [-0.2, 0) is 22.2 Å². The van der Waals surface area contributed by atoms with Crippen LogP contribution in [0.15, 0.2) is 109 Å². The molecule has 264 valence electrons. The third-order valence-electron chi connectivity index (χ3n) is 10.0. The maximum Gasteiger partial charge on any atom is 0.220 e. The molecule has 0 saturated carbocycles. The summed E-state index contributed by atoms with van der Waals surface area (Å²) in [6, 6.07) is 25.2. The monoisotopic (exact) mass is 701 g/mol. The van der Waals surface area contributed by atoms with Crippen LogP contribution >= 0.6 is 0 Å². The Morgan fingerprint density at radius 1 is 0.804 bits per heavy atom. The standard InChI is InChI=1S/C42H47N7O.ClH/c1-30-44-46-40(47-45-30)32-26-24-31(25-27-32)29-43-39(50)23-11-8-16-28-49-36-20-15-13-18-34(36)42(4,5)38(49)22-10-7-9-21-37-41(2,3)33-17-12-14-19-35(33)48(37)6;/h7,9-10,12-15,17-22,24-27H,8,11,16,23,28-29H2,1-6H3;1H. The number of nitrogens with one attached hydrogen (secondary N) is 1. The van der Waals surface area contributed by atoms with Gasteiger partial charge in [-0.2, -0.15) is 4.58 Å². The van der Waals surface area contributed by atoms with E-state index in [9.17, 15) is 4.79 Å². The Labute approximate surface area is 308 Å². The molecule has 0 fully saturated rings. The zero-order valence-corrected chi connectivity index (χ0v) is 31.3. The number of unbranched alkanes of at least 4 members (excludes halogenated alkanes) is 2. The van der Waals surface area contributed by atoms with Crippen molar-refractivity contribution in [3.8, 4) is 11.4 Å². The van der Waals surface area contributed by atoms with Gasteiger partial charge in [0.15, 0.2) is 11.5 Å². The summed E-state index contributed by atoms with van der Waals surface area (Å²) in [5.41, 5.74) is 9.58. The first kappa shape index (κ1) is 37.3. The van der Waals surface area contributed by atoms with E-state index in [1.54, 1.807) is 6.92 Å². The van der Waals surface area contributed by atoms with Gasteiger partial charge in [0.1, 0.15) is 7.05 Å². The van der Waals surface area contributed by atoms with Gasteiger partial charge in [0.05, 0.1) is 5.41 Å². The average molecular weight is 702 g/mol. The number of amides is 1. The van der Waals surface area contributed by atoms with Crippen LogP contribution < -0.4 is 22.6 Å². The third-order valence-corrected chi connectivity index (χ3v) is 10.0. The molecule has 51 heavy (non-hydrogen) atoms. The number of benzene rings is 3. The lowest BCUT2D eigenvalue weighted by Crippen LogP contribution is -3.00. The van der Waals surface area contributed by atoms with Crippen molar-refractivity contribution in [1.29, 1.82) is 0 Å². The summed E-state index contributed by atoms with van der Waals surface area (Å²) in [7, 11) is 2.15. The van der Waals surface area contributed by atoms with Crippen molar-refractivity contribution in [2.24, 2.45) is 0 Å². The van der Waals surface area contributed by atoms with E-state index in [-0.39, 0.29) is 29.1 Å². The number of hydrogen-bond donors (Lipinski definition) is 1. The molecule has 2 aliphatic heterocycles. The molecular weight excluding hydrogens is 654 g/mol. The van der Waals surface area contributed by atoms with Crippen molar-refractivity contribution in [3.05, 3.63) is 131 Å². The normalized spacial score (nSPS) is 16.5. The highest BCUT2D eigenvalue weighted by Crippen LogP contribution is 2.47. The van der Waals surface area contributed by atoms with Crippen molar-refractivity contribution in [2.45, 2.75) is 77.7 Å². The number of hydrogen-bond acceptors (Lipinski definition) is 6. The molecule has 1 aromatic heterocycles. The molecule has 0 atom stereocenters. The Bertz CT molecular complexity index is 1980. The minimum Gasteiger partial charge on any atom is -1.00 e. The summed E-state index contributed by atoms with van der Waals surface area (Å²) >= 11 is 0. The lowest BCUT2D eigenvalue weighted by atomic mass is 9.81. The molecule has 0 spiro atoms. The second kappa shape index (κ2) is 15.9. The van der Waals surface area contributed by atoms with E-state index in [4.69, 9.17) is 0 Å². The number of allylic oxidation sites excluding steroid dienone is 6. The van der Waals surface area contributed by atoms with Crippen LogP contribution in [0.1, 0.15) is 75.9 Å². The number of carbonyl (C=O) groups is 1. The molecule has 3 aromatic carbocycles. The molecule has 9 heteroatoms. The summed E-state index contributed by atoms with van der Waals surface area (Å²) in [5, 5.41) is 19.2. The van der Waals surface area contributed by atoms with Crippen LogP contribution in [0.2, 0.25) is 0 Å². The summed E-state index contributed by atoms with van der Waals surface area (Å²) in [6.07, 6.45) is 14.3. The lowest BCUT2D eigenvalue weighted by Gasteiger charge is -2.27. The van der Waals surface area contributed by atoms with Crippen molar-refractivity contribution in [2.75, 3.05) is 18.5 Å². The number of rotatable bonds is 12. The number of nitrogens with zero attached hydrogens (tertiary/aromatic N) is 6. The number of fused-ring (bicyclic) bond motifs is 2. The van der Waals surface area contributed by atoms with Gasteiger partial charge in [-0.3, -0.25) is 4.79 Å². The molecule has 1 N–H and O–H groups in total. The smallest absolute Gasteiger partial charge is 0.220 e. The van der Waals surface area contributed by atoms with E-state index in [1.165, 1.54) is 33.9 Å². The van der Waals surface area contributed by atoms with Crippen LogP contribution in [0.5, 0.6) is 0 Å². The van der Waals surface area contributed by atoms with Crippen LogP contribution in [0.3, 0.4) is 0 Å². The van der Waals surface area contributed by atoms with Crippen molar-refractivity contribution in [3.63, 3.8) is 0 Å². The fraction of sp³-hybridized carbons (Fsp3) is 0.333. The summed E-state index contributed by atoms with van der Waals surface area (Å²) in [6.45, 7) is 12.4. The van der Waals surface area contributed by atoms with Gasteiger partial charge in [0.2, 0.25) is 17.4 Å². The minimum absolute atomic E-state index is 0. The van der Waals surface area contributed by atoms with Crippen molar-refractivity contribution >= 4 is 23.0 Å². The molecule has 3 heterocycles. The maximum atomic E-state index is 12.6. The highest BCUT2D eigenvalue weighted by molar-refractivity contribution is 6.03. The molecule has 0 unspecified atom stereocenters. The van der Waals surface area contributed by atoms with Gasteiger partial charge in [-0.15, -0.1) is 20.4 Å². The average Bonchev–Trinajstić information content (AvgIpc) is 3.45. The summed E-state index contributed by atoms with van der Waals surface area (Å²) in [5.74, 6) is 1.10. The first-order valence-corrected chi connectivity index (χ1v) is 17.6. The molecule has 0 bridgehead atoms. The molecule has 4 aromatic rings. The van der Waals surface area contributed by atoms with E-state index < -0.39 is 0 Å². The number of carbonyl (C=O) groups excluding carboxylic acids is 1. The Balaban J connectivity index is 0.00000504. The lowest BCUT2D eigenvalue weighted by molar-refractivity contribution is -0.401. The van der Waals surface area contributed by atoms with Crippen LogP contribution in [-0.4, -0.2) is 50.2 Å². The van der Waals surface area contributed by atoms with E-state index in [0.717, 1.165) is 36.9 Å². The Morgan fingerprint density at radius 2 is 1.49 bits per heavy atom. The molecule has 8 nitrogen and oxygen atoms in total. The highest BCUT2D eigenvalue weighted by Gasteiger charge is 2.42. The molecule has 0 saturated heterocycles. The van der Waals surface area contributed by atoms with Crippen LogP contribution in [0.4, 0.5) is 11.4 Å². The fourth-order valence-electron chi connectivity index (χ4n) is 7.23. The largest absolute Gasteiger partial charge is 1.00 e. The van der Waals surface area contributed by atoms with Crippen LogP contribution in [0.25, 0.3) is 11.4 Å².